The smallest absolute Gasteiger partial charge is 0.175 e. The van der Waals surface area contributed by atoms with Gasteiger partial charge in [-0.2, -0.15) is 5.10 Å². The number of nitrogen functional groups attached to an aromatic ring is 1. The van der Waals surface area contributed by atoms with Crippen molar-refractivity contribution >= 4 is 23.1 Å². The van der Waals surface area contributed by atoms with Gasteiger partial charge in [0.15, 0.2) is 5.65 Å². The molecule has 2 heterocycles. The lowest BCUT2D eigenvalue weighted by Crippen LogP contribution is -1.94. The molecule has 0 radical (unpaired) electrons. The molecule has 0 atom stereocenters. The van der Waals surface area contributed by atoms with Crippen LogP contribution in [0.2, 0.25) is 5.02 Å². The van der Waals surface area contributed by atoms with Crippen molar-refractivity contribution in [1.82, 2.24) is 14.6 Å². The monoisotopic (exact) mass is 168 g/mol. The summed E-state index contributed by atoms with van der Waals surface area (Å²) in [4.78, 5) is 3.98. The van der Waals surface area contributed by atoms with Gasteiger partial charge in [-0.25, -0.2) is 9.50 Å². The van der Waals surface area contributed by atoms with E-state index >= 15 is 0 Å². The lowest BCUT2D eigenvalue weighted by atomic mass is 10.6. The van der Waals surface area contributed by atoms with E-state index < -0.39 is 0 Å². The van der Waals surface area contributed by atoms with E-state index in [4.69, 9.17) is 17.3 Å². The van der Waals surface area contributed by atoms with Crippen LogP contribution in [0.4, 0.5) is 5.82 Å². The molecule has 0 aromatic carbocycles. The van der Waals surface area contributed by atoms with Crippen molar-refractivity contribution in [3.8, 4) is 0 Å². The van der Waals surface area contributed by atoms with Gasteiger partial charge < -0.3 is 5.73 Å². The zero-order valence-corrected chi connectivity index (χ0v) is 6.28. The molecule has 2 aromatic heterocycles. The Morgan fingerprint density at radius 2 is 2.36 bits per heavy atom. The summed E-state index contributed by atoms with van der Waals surface area (Å²) < 4.78 is 1.57. The number of nitrogens with two attached hydrogens (primary N) is 1. The molecule has 0 aliphatic rings. The zero-order chi connectivity index (χ0) is 7.84. The maximum absolute atomic E-state index is 5.74. The molecule has 2 rings (SSSR count). The first-order chi connectivity index (χ1) is 5.27. The number of hydrogen-bond donors (Lipinski definition) is 1. The van der Waals surface area contributed by atoms with Crippen LogP contribution >= 0.6 is 11.6 Å². The van der Waals surface area contributed by atoms with Crippen molar-refractivity contribution in [3.05, 3.63) is 23.5 Å². The highest BCUT2D eigenvalue weighted by Crippen LogP contribution is 2.14. The van der Waals surface area contributed by atoms with Crippen molar-refractivity contribution in [1.29, 1.82) is 0 Å². The van der Waals surface area contributed by atoms with Gasteiger partial charge in [0.25, 0.3) is 0 Å². The Hall–Kier alpha value is -1.29. The average molecular weight is 169 g/mol. The first-order valence-electron chi connectivity index (χ1n) is 3.03. The van der Waals surface area contributed by atoms with Crippen molar-refractivity contribution in [2.24, 2.45) is 0 Å². The van der Waals surface area contributed by atoms with Crippen LogP contribution in [0.15, 0.2) is 18.5 Å². The molecule has 5 heteroatoms. The Morgan fingerprint density at radius 3 is 3.18 bits per heavy atom. The molecular formula is C6H5ClN4. The van der Waals surface area contributed by atoms with E-state index in [1.165, 1.54) is 6.20 Å². The van der Waals surface area contributed by atoms with Crippen molar-refractivity contribution in [2.45, 2.75) is 0 Å². The molecule has 0 aliphatic carbocycles. The fraction of sp³-hybridized carbons (Fsp3) is 0. The van der Waals surface area contributed by atoms with E-state index in [9.17, 15) is 0 Å². The second kappa shape index (κ2) is 2.10. The van der Waals surface area contributed by atoms with Gasteiger partial charge in [0.2, 0.25) is 0 Å². The lowest BCUT2D eigenvalue weighted by molar-refractivity contribution is 0.942. The zero-order valence-electron chi connectivity index (χ0n) is 5.53. The number of hydrogen-bond acceptors (Lipinski definition) is 3. The molecule has 11 heavy (non-hydrogen) atoms. The van der Waals surface area contributed by atoms with Crippen LogP contribution in [0.5, 0.6) is 0 Å². The molecule has 0 aliphatic heterocycles. The van der Waals surface area contributed by atoms with Crippen LogP contribution in [0.3, 0.4) is 0 Å². The molecule has 2 aromatic rings. The minimum atomic E-state index is 0.444. The number of rotatable bonds is 0. The molecule has 0 bridgehead atoms. The summed E-state index contributed by atoms with van der Waals surface area (Å²) in [7, 11) is 0. The summed E-state index contributed by atoms with van der Waals surface area (Å²) in [5, 5.41) is 4.44. The van der Waals surface area contributed by atoms with Crippen molar-refractivity contribution in [2.75, 3.05) is 5.73 Å². The van der Waals surface area contributed by atoms with Gasteiger partial charge in [0, 0.05) is 6.20 Å². The highest BCUT2D eigenvalue weighted by atomic mass is 35.5. The van der Waals surface area contributed by atoms with Crippen LogP contribution in [-0.2, 0) is 0 Å². The number of aromatic nitrogens is 3. The van der Waals surface area contributed by atoms with Crippen LogP contribution < -0.4 is 5.73 Å². The molecule has 0 saturated carbocycles. The van der Waals surface area contributed by atoms with Crippen LogP contribution in [0.25, 0.3) is 5.65 Å². The largest absolute Gasteiger partial charge is 0.384 e. The Morgan fingerprint density at radius 1 is 1.55 bits per heavy atom. The van der Waals surface area contributed by atoms with E-state index in [1.54, 1.807) is 16.8 Å². The number of anilines is 1. The Labute approximate surface area is 67.6 Å². The van der Waals surface area contributed by atoms with E-state index in [2.05, 4.69) is 10.1 Å². The molecular weight excluding hydrogens is 164 g/mol. The quantitative estimate of drug-likeness (QED) is 0.638. The molecule has 0 fully saturated rings. The summed E-state index contributed by atoms with van der Waals surface area (Å²) in [6.07, 6.45) is 3.24. The standard InChI is InChI=1S/C6H5ClN4/c7-4-3-9-11-2-1-5(8)10-6(4)11/h1-3H,(H2,8,10). The highest BCUT2D eigenvalue weighted by Gasteiger charge is 2.01. The fourth-order valence-corrected chi connectivity index (χ4v) is 1.03. The van der Waals surface area contributed by atoms with Gasteiger partial charge in [0.05, 0.1) is 6.20 Å². The summed E-state index contributed by atoms with van der Waals surface area (Å²) in [5.41, 5.74) is 6.03. The molecule has 2 N–H and O–H groups in total. The minimum absolute atomic E-state index is 0.444. The van der Waals surface area contributed by atoms with Gasteiger partial charge in [0.1, 0.15) is 10.8 Å². The van der Waals surface area contributed by atoms with E-state index in [0.717, 1.165) is 0 Å². The van der Waals surface area contributed by atoms with Gasteiger partial charge in [-0.05, 0) is 6.07 Å². The van der Waals surface area contributed by atoms with Crippen LogP contribution in [-0.4, -0.2) is 14.6 Å². The maximum atomic E-state index is 5.74. The summed E-state index contributed by atoms with van der Waals surface area (Å²) in [6, 6.07) is 1.66. The molecule has 0 spiro atoms. The summed E-state index contributed by atoms with van der Waals surface area (Å²) >= 11 is 5.74. The molecule has 4 nitrogen and oxygen atoms in total. The number of nitrogens with zero attached hydrogens (tertiary/aromatic N) is 3. The third kappa shape index (κ3) is 0.914. The third-order valence-electron chi connectivity index (χ3n) is 1.35. The third-order valence-corrected chi connectivity index (χ3v) is 1.61. The minimum Gasteiger partial charge on any atom is -0.384 e. The first-order valence-corrected chi connectivity index (χ1v) is 3.40. The van der Waals surface area contributed by atoms with E-state index in [0.29, 0.717) is 16.5 Å². The number of halogens is 1. The maximum Gasteiger partial charge on any atom is 0.175 e. The predicted molar refractivity (Wildman–Crippen MR) is 42.4 cm³/mol. The lowest BCUT2D eigenvalue weighted by Gasteiger charge is -1.92. The summed E-state index contributed by atoms with van der Waals surface area (Å²) in [5.74, 6) is 0.444. The Bertz CT molecular complexity index is 394. The average Bonchev–Trinajstić information content (AvgIpc) is 2.33. The van der Waals surface area contributed by atoms with Gasteiger partial charge >= 0.3 is 0 Å². The van der Waals surface area contributed by atoms with Gasteiger partial charge in [-0.15, -0.1) is 0 Å². The second-order valence-corrected chi connectivity index (χ2v) is 2.52. The van der Waals surface area contributed by atoms with Crippen LogP contribution in [0, 0.1) is 0 Å². The van der Waals surface area contributed by atoms with Crippen molar-refractivity contribution < 1.29 is 0 Å². The van der Waals surface area contributed by atoms with Gasteiger partial charge in [-0.3, -0.25) is 0 Å². The fourth-order valence-electron chi connectivity index (χ4n) is 0.855. The Balaban J connectivity index is 2.87. The van der Waals surface area contributed by atoms with Gasteiger partial charge in [-0.1, -0.05) is 11.6 Å². The molecule has 0 saturated heterocycles. The normalized spacial score (nSPS) is 10.6. The van der Waals surface area contributed by atoms with Crippen molar-refractivity contribution in [3.63, 3.8) is 0 Å². The Kier molecular flexibility index (Phi) is 1.22. The van der Waals surface area contributed by atoms with E-state index in [-0.39, 0.29) is 0 Å². The highest BCUT2D eigenvalue weighted by molar-refractivity contribution is 6.33. The number of fused-ring (bicyclic) bond motifs is 1. The SMILES string of the molecule is Nc1ccn2ncc(Cl)c2n1. The predicted octanol–water partition coefficient (Wildman–Crippen LogP) is 0.965. The first kappa shape index (κ1) is 6.42. The topological polar surface area (TPSA) is 56.2 Å². The summed E-state index contributed by atoms with van der Waals surface area (Å²) in [6.45, 7) is 0. The van der Waals surface area contributed by atoms with E-state index in [1.807, 2.05) is 0 Å². The van der Waals surface area contributed by atoms with Crippen LogP contribution in [0.1, 0.15) is 0 Å². The molecule has 56 valence electrons. The molecule has 0 unspecified atom stereocenters. The second-order valence-electron chi connectivity index (χ2n) is 2.11. The molecule has 0 amide bonds.